The van der Waals surface area contributed by atoms with E-state index in [-0.39, 0.29) is 27.3 Å². The van der Waals surface area contributed by atoms with Gasteiger partial charge in [0.25, 0.3) is 0 Å². The zero-order chi connectivity index (χ0) is 15.6. The van der Waals surface area contributed by atoms with Gasteiger partial charge in [-0.2, -0.15) is 0 Å². The molecular formula is C13H12Cl2N2O3S. The maximum absolute atomic E-state index is 11.3. The molecule has 5 nitrogen and oxygen atoms in total. The van der Waals surface area contributed by atoms with Crippen LogP contribution in [0, 0.1) is 6.92 Å². The van der Waals surface area contributed by atoms with E-state index in [0.29, 0.717) is 0 Å². The Morgan fingerprint density at radius 3 is 2.57 bits per heavy atom. The Bertz CT molecular complexity index is 779. The first-order chi connectivity index (χ1) is 9.77. The molecule has 0 fully saturated rings. The molecule has 2 N–H and O–H groups in total. The lowest BCUT2D eigenvalue weighted by molar-refractivity contribution is 0.301. The molecule has 0 aliphatic rings. The van der Waals surface area contributed by atoms with Crippen LogP contribution in [0.5, 0.6) is 5.75 Å². The van der Waals surface area contributed by atoms with Crippen LogP contribution in [-0.4, -0.2) is 13.4 Å². The summed E-state index contributed by atoms with van der Waals surface area (Å²) in [6.07, 6.45) is 0. The molecule has 1 aromatic heterocycles. The third-order valence-corrected chi connectivity index (χ3v) is 4.29. The van der Waals surface area contributed by atoms with Gasteiger partial charge in [-0.3, -0.25) is 4.98 Å². The second-order valence-corrected chi connectivity index (χ2v) is 6.66. The van der Waals surface area contributed by atoms with Gasteiger partial charge >= 0.3 is 0 Å². The first-order valence-electron chi connectivity index (χ1n) is 5.84. The number of hydrogen-bond acceptors (Lipinski definition) is 4. The van der Waals surface area contributed by atoms with Crippen LogP contribution in [0.3, 0.4) is 0 Å². The highest BCUT2D eigenvalue weighted by atomic mass is 35.5. The fraction of sp³-hybridized carbons (Fsp3) is 0.154. The van der Waals surface area contributed by atoms with Crippen LogP contribution < -0.4 is 9.88 Å². The van der Waals surface area contributed by atoms with E-state index >= 15 is 0 Å². The van der Waals surface area contributed by atoms with Crippen molar-refractivity contribution in [3.63, 3.8) is 0 Å². The zero-order valence-corrected chi connectivity index (χ0v) is 13.3. The number of rotatable bonds is 4. The van der Waals surface area contributed by atoms with Gasteiger partial charge in [0.2, 0.25) is 10.0 Å². The molecule has 0 atom stereocenters. The standard InChI is InChI=1S/C13H12Cl2N2O3S/c1-8-3-2-4-9(17-8)7-20-12-5-11(15)13(6-10(12)14)21(16,18)19/h2-6H,7H2,1H3,(H2,16,18,19). The number of aryl methyl sites for hydroxylation is 1. The number of hydrogen-bond donors (Lipinski definition) is 1. The first kappa shape index (κ1) is 16.0. The minimum absolute atomic E-state index is 0.0471. The molecule has 0 spiro atoms. The summed E-state index contributed by atoms with van der Waals surface area (Å²) >= 11 is 11.9. The third kappa shape index (κ3) is 4.07. The maximum Gasteiger partial charge on any atom is 0.239 e. The van der Waals surface area contributed by atoms with E-state index in [0.717, 1.165) is 17.5 Å². The lowest BCUT2D eigenvalue weighted by atomic mass is 10.3. The van der Waals surface area contributed by atoms with E-state index in [1.54, 1.807) is 6.07 Å². The minimum Gasteiger partial charge on any atom is -0.486 e. The SMILES string of the molecule is Cc1cccc(COc2cc(Cl)c(S(N)(=O)=O)cc2Cl)n1. The van der Waals surface area contributed by atoms with E-state index < -0.39 is 10.0 Å². The lowest BCUT2D eigenvalue weighted by Crippen LogP contribution is -2.13. The van der Waals surface area contributed by atoms with Gasteiger partial charge in [-0.25, -0.2) is 13.6 Å². The van der Waals surface area contributed by atoms with Gasteiger partial charge < -0.3 is 4.74 Å². The topological polar surface area (TPSA) is 82.3 Å². The predicted octanol–water partition coefficient (Wildman–Crippen LogP) is 2.92. The van der Waals surface area contributed by atoms with E-state index in [1.165, 1.54) is 6.07 Å². The molecule has 2 rings (SSSR count). The van der Waals surface area contributed by atoms with Crippen LogP contribution in [0.1, 0.15) is 11.4 Å². The molecule has 112 valence electrons. The fourth-order valence-corrected chi connectivity index (χ4v) is 3.04. The van der Waals surface area contributed by atoms with Crippen LogP contribution in [0.2, 0.25) is 10.0 Å². The molecule has 0 unspecified atom stereocenters. The summed E-state index contributed by atoms with van der Waals surface area (Å²) in [6, 6.07) is 8.02. The number of primary sulfonamides is 1. The van der Waals surface area contributed by atoms with Gasteiger partial charge in [0.1, 0.15) is 17.3 Å². The highest BCUT2D eigenvalue weighted by molar-refractivity contribution is 7.89. The zero-order valence-electron chi connectivity index (χ0n) is 11.0. The average molecular weight is 347 g/mol. The maximum atomic E-state index is 11.3. The third-order valence-electron chi connectivity index (χ3n) is 2.61. The molecule has 2 aromatic rings. The Labute approximate surface area is 132 Å². The monoisotopic (exact) mass is 346 g/mol. The number of nitrogens with zero attached hydrogens (tertiary/aromatic N) is 1. The quantitative estimate of drug-likeness (QED) is 0.922. The van der Waals surface area contributed by atoms with Crippen molar-refractivity contribution in [3.8, 4) is 5.75 Å². The molecule has 0 aliphatic heterocycles. The van der Waals surface area contributed by atoms with Gasteiger partial charge in [0, 0.05) is 11.8 Å². The Kier molecular flexibility index (Phi) is 4.73. The summed E-state index contributed by atoms with van der Waals surface area (Å²) in [4.78, 5) is 4.04. The highest BCUT2D eigenvalue weighted by Crippen LogP contribution is 2.33. The number of benzene rings is 1. The van der Waals surface area contributed by atoms with Crippen LogP contribution in [-0.2, 0) is 16.6 Å². The van der Waals surface area contributed by atoms with Gasteiger partial charge in [0.15, 0.2) is 0 Å². The second kappa shape index (κ2) is 6.19. The first-order valence-corrected chi connectivity index (χ1v) is 8.15. The Morgan fingerprint density at radius 1 is 1.24 bits per heavy atom. The van der Waals surface area contributed by atoms with Crippen molar-refractivity contribution in [2.45, 2.75) is 18.4 Å². The molecule has 0 saturated carbocycles. The molecule has 0 saturated heterocycles. The smallest absolute Gasteiger partial charge is 0.239 e. The van der Waals surface area contributed by atoms with E-state index in [9.17, 15) is 8.42 Å². The number of halogens is 2. The average Bonchev–Trinajstić information content (AvgIpc) is 2.38. The summed E-state index contributed by atoms with van der Waals surface area (Å²) < 4.78 is 28.1. The van der Waals surface area contributed by atoms with E-state index in [1.807, 2.05) is 19.1 Å². The van der Waals surface area contributed by atoms with Crippen LogP contribution in [0.4, 0.5) is 0 Å². The van der Waals surface area contributed by atoms with E-state index in [2.05, 4.69) is 4.98 Å². The normalized spacial score (nSPS) is 11.4. The molecule has 0 aliphatic carbocycles. The van der Waals surface area contributed by atoms with Gasteiger partial charge in [-0.15, -0.1) is 0 Å². The largest absolute Gasteiger partial charge is 0.486 e. The Hall–Kier alpha value is -1.34. The molecule has 0 radical (unpaired) electrons. The van der Waals surface area contributed by atoms with Crippen molar-refractivity contribution < 1.29 is 13.2 Å². The van der Waals surface area contributed by atoms with Gasteiger partial charge in [0.05, 0.1) is 15.7 Å². The number of ether oxygens (including phenoxy) is 1. The van der Waals surface area contributed by atoms with Crippen molar-refractivity contribution in [1.29, 1.82) is 0 Å². The fourth-order valence-electron chi connectivity index (χ4n) is 1.67. The van der Waals surface area contributed by atoms with Crippen molar-refractivity contribution in [1.82, 2.24) is 4.98 Å². The summed E-state index contributed by atoms with van der Waals surface area (Å²) in [7, 11) is -3.93. The van der Waals surface area contributed by atoms with Crippen molar-refractivity contribution in [2.24, 2.45) is 5.14 Å². The molecule has 1 heterocycles. The number of aromatic nitrogens is 1. The highest BCUT2D eigenvalue weighted by Gasteiger charge is 2.17. The van der Waals surface area contributed by atoms with E-state index in [4.69, 9.17) is 33.1 Å². The van der Waals surface area contributed by atoms with Crippen LogP contribution in [0.25, 0.3) is 0 Å². The summed E-state index contributed by atoms with van der Waals surface area (Å²) in [5.74, 6) is 0.261. The number of nitrogens with two attached hydrogens (primary N) is 1. The molecule has 0 amide bonds. The summed E-state index contributed by atoms with van der Waals surface area (Å²) in [5.41, 5.74) is 1.59. The van der Waals surface area contributed by atoms with Crippen LogP contribution >= 0.6 is 23.2 Å². The van der Waals surface area contributed by atoms with Crippen molar-refractivity contribution >= 4 is 33.2 Å². The van der Waals surface area contributed by atoms with Gasteiger partial charge in [-0.1, -0.05) is 29.3 Å². The lowest BCUT2D eigenvalue weighted by Gasteiger charge is -2.10. The molecule has 0 bridgehead atoms. The minimum atomic E-state index is -3.93. The van der Waals surface area contributed by atoms with Crippen molar-refractivity contribution in [2.75, 3.05) is 0 Å². The number of sulfonamides is 1. The summed E-state index contributed by atoms with van der Waals surface area (Å²) in [6.45, 7) is 2.06. The second-order valence-electron chi connectivity index (χ2n) is 4.32. The molecule has 8 heteroatoms. The number of pyridine rings is 1. The molecular weight excluding hydrogens is 335 g/mol. The predicted molar refractivity (Wildman–Crippen MR) is 81.1 cm³/mol. The van der Waals surface area contributed by atoms with Gasteiger partial charge in [-0.05, 0) is 25.1 Å². The Morgan fingerprint density at radius 2 is 1.95 bits per heavy atom. The van der Waals surface area contributed by atoms with Crippen molar-refractivity contribution in [3.05, 3.63) is 51.8 Å². The van der Waals surface area contributed by atoms with Crippen LogP contribution in [0.15, 0.2) is 35.2 Å². The summed E-state index contributed by atoms with van der Waals surface area (Å²) in [5, 5.41) is 5.10. The Balaban J connectivity index is 2.24. The molecule has 1 aromatic carbocycles. The molecule has 21 heavy (non-hydrogen) atoms.